The minimum absolute atomic E-state index is 0.00529. The van der Waals surface area contributed by atoms with Gasteiger partial charge in [-0.2, -0.15) is 0 Å². The van der Waals surface area contributed by atoms with E-state index in [2.05, 4.69) is 266 Å². The largest absolute Gasteiger partial charge is 0.468 e. The van der Waals surface area contributed by atoms with Crippen LogP contribution in [0.1, 0.15) is 104 Å². The lowest BCUT2D eigenvalue weighted by Crippen LogP contribution is -2.61. The highest BCUT2D eigenvalue weighted by Crippen LogP contribution is 2.54. The van der Waals surface area contributed by atoms with Crippen molar-refractivity contribution in [1.82, 2.24) is 0 Å². The highest BCUT2D eigenvalue weighted by atomic mass is 16.3. The fraction of sp³-hybridized carbons (Fsp3) is 0.242. The number of hydrogen-bond acceptors (Lipinski definition) is 4. The highest BCUT2D eigenvalue weighted by Gasteiger charge is 2.49. The summed E-state index contributed by atoms with van der Waals surface area (Å²) in [5, 5.41) is 1.11. The molecule has 9 aromatic rings. The van der Waals surface area contributed by atoms with Gasteiger partial charge in [-0.15, -0.1) is 0 Å². The first-order chi connectivity index (χ1) is 34.0. The van der Waals surface area contributed by atoms with E-state index in [1.54, 1.807) is 0 Å². The van der Waals surface area contributed by atoms with E-state index in [4.69, 9.17) is 4.42 Å². The quantitative estimate of drug-likeness (QED) is 0.155. The topological polar surface area (TPSA) is 22.9 Å². The van der Waals surface area contributed by atoms with Crippen LogP contribution >= 0.6 is 0 Å². The van der Waals surface area contributed by atoms with Crippen LogP contribution in [0.25, 0.3) is 22.1 Å². The van der Waals surface area contributed by atoms with Crippen molar-refractivity contribution in [3.8, 4) is 11.1 Å². The molecule has 8 aromatic carbocycles. The summed E-state index contributed by atoms with van der Waals surface area (Å²) in [5.41, 5.74) is 22.2. The molecule has 12 rings (SSSR count). The summed E-state index contributed by atoms with van der Waals surface area (Å²) in [6, 6.07) is 68.1. The average Bonchev–Trinajstić information content (AvgIpc) is 3.74. The van der Waals surface area contributed by atoms with Crippen LogP contribution in [-0.4, -0.2) is 6.71 Å². The first kappa shape index (κ1) is 44.9. The summed E-state index contributed by atoms with van der Waals surface area (Å²) in [5.74, 6) is 0. The molecule has 0 N–H and O–H groups in total. The number of nitrogens with zero attached hydrogens (tertiary/aromatic N) is 3. The van der Waals surface area contributed by atoms with E-state index in [-0.39, 0.29) is 28.4 Å². The second kappa shape index (κ2) is 16.1. The maximum atomic E-state index is 7.40. The highest BCUT2D eigenvalue weighted by molar-refractivity contribution is 7.00. The number of anilines is 9. The fourth-order valence-electron chi connectivity index (χ4n) is 11.9. The number of benzene rings is 8. The van der Waals surface area contributed by atoms with Crippen molar-refractivity contribution in [1.29, 1.82) is 0 Å². The van der Waals surface area contributed by atoms with Crippen LogP contribution in [0, 0.1) is 0 Å². The van der Waals surface area contributed by atoms with Gasteiger partial charge in [-0.25, -0.2) is 0 Å². The van der Waals surface area contributed by atoms with Crippen LogP contribution in [0.15, 0.2) is 186 Å². The Labute approximate surface area is 421 Å². The maximum Gasteiger partial charge on any atom is 0.297 e. The van der Waals surface area contributed by atoms with Crippen molar-refractivity contribution < 1.29 is 4.42 Å². The summed E-state index contributed by atoms with van der Waals surface area (Å²) in [7, 11) is 0. The predicted octanol–water partition coefficient (Wildman–Crippen LogP) is 16.6. The van der Waals surface area contributed by atoms with Gasteiger partial charge >= 0.3 is 0 Å². The molecule has 0 bridgehead atoms. The molecule has 0 saturated carbocycles. The van der Waals surface area contributed by atoms with Gasteiger partial charge in [-0.1, -0.05) is 172 Å². The Bertz CT molecular complexity index is 3460. The molecule has 0 amide bonds. The van der Waals surface area contributed by atoms with Gasteiger partial charge in [0.2, 0.25) is 0 Å². The lowest BCUT2D eigenvalue weighted by molar-refractivity contribution is 0.332. The Morgan fingerprint density at radius 1 is 0.493 bits per heavy atom. The number of hydrogen-bond donors (Lipinski definition) is 0. The van der Waals surface area contributed by atoms with E-state index in [1.807, 2.05) is 0 Å². The summed E-state index contributed by atoms with van der Waals surface area (Å²) < 4.78 is 7.40. The molecule has 4 nitrogen and oxygen atoms in total. The first-order valence-electron chi connectivity index (χ1n) is 25.7. The van der Waals surface area contributed by atoms with Gasteiger partial charge in [0.15, 0.2) is 0 Å². The molecule has 0 fully saturated rings. The van der Waals surface area contributed by atoms with Gasteiger partial charge in [0.05, 0.1) is 22.7 Å². The Morgan fingerprint density at radius 2 is 1.03 bits per heavy atom. The zero-order chi connectivity index (χ0) is 49.2. The first-order valence-corrected chi connectivity index (χ1v) is 25.7. The molecule has 352 valence electrons. The van der Waals surface area contributed by atoms with E-state index in [1.165, 1.54) is 50.0 Å². The average molecular weight is 926 g/mol. The molecule has 0 saturated heterocycles. The van der Waals surface area contributed by atoms with Crippen molar-refractivity contribution in [2.75, 3.05) is 14.7 Å². The van der Waals surface area contributed by atoms with E-state index in [0.717, 1.165) is 75.0 Å². The SMILES string of the molecule is CC(C)(C)c1ccc(N2c3cc(N(c4ccccc4)c4ccccc4)cc4c3B(c3cc5c(cc3N4c3ccc(C(C)(C)C)cc3-c3ccccc3)C(C)(C)CCC5(C)C)c3oc4ccccc4c32)cc1. The normalized spacial score (nSPS) is 15.5. The molecule has 1 aliphatic carbocycles. The van der Waals surface area contributed by atoms with Crippen molar-refractivity contribution in [2.45, 2.75) is 104 Å². The summed E-state index contributed by atoms with van der Waals surface area (Å²) in [6.45, 7) is 23.5. The Balaban J connectivity index is 1.26. The second-order valence-electron chi connectivity index (χ2n) is 23.7. The van der Waals surface area contributed by atoms with Gasteiger partial charge in [0, 0.05) is 45.1 Å². The molecule has 5 heteroatoms. The maximum absolute atomic E-state index is 7.40. The van der Waals surface area contributed by atoms with E-state index in [0.29, 0.717) is 0 Å². The number of para-hydroxylation sites is 3. The van der Waals surface area contributed by atoms with Crippen LogP contribution in [0.5, 0.6) is 0 Å². The zero-order valence-electron chi connectivity index (χ0n) is 43.1. The summed E-state index contributed by atoms with van der Waals surface area (Å²) in [6.07, 6.45) is 2.25. The smallest absolute Gasteiger partial charge is 0.297 e. The van der Waals surface area contributed by atoms with Gasteiger partial charge < -0.3 is 19.1 Å². The monoisotopic (exact) mass is 926 g/mol. The standard InChI is InChI=1S/C66H64BN3O/c1-63(2,3)44-30-33-48(34-31-44)69-57-39-49(68(46-24-16-12-17-25-46)47-26-18-13-19-27-47)40-58-60(57)67(62-61(69)50-28-20-21-29-59(50)71-62)54-41-52-53(66(9,10)37-36-65(52,7)8)42-56(54)70(58)55-35-32-45(64(4,5)6)38-51(55)43-22-14-11-15-23-43/h11-35,38-42H,36-37H2,1-10H3. The molecule has 0 spiro atoms. The minimum Gasteiger partial charge on any atom is -0.468 e. The van der Waals surface area contributed by atoms with Gasteiger partial charge in [0.25, 0.3) is 6.71 Å². The lowest BCUT2D eigenvalue weighted by atomic mass is 9.35. The minimum atomic E-state index is -0.199. The van der Waals surface area contributed by atoms with Gasteiger partial charge in [-0.05, 0) is 152 Å². The van der Waals surface area contributed by atoms with Crippen molar-refractivity contribution >= 4 is 85.5 Å². The third kappa shape index (κ3) is 7.33. The van der Waals surface area contributed by atoms with Gasteiger partial charge in [-0.3, -0.25) is 0 Å². The number of rotatable bonds is 6. The lowest BCUT2D eigenvalue weighted by Gasteiger charge is -2.47. The molecule has 1 aromatic heterocycles. The molecule has 3 aliphatic rings. The van der Waals surface area contributed by atoms with E-state index < -0.39 is 0 Å². The van der Waals surface area contributed by atoms with Crippen molar-refractivity contribution in [2.24, 2.45) is 0 Å². The van der Waals surface area contributed by atoms with Crippen molar-refractivity contribution in [3.63, 3.8) is 0 Å². The van der Waals surface area contributed by atoms with Crippen LogP contribution in [0.4, 0.5) is 51.2 Å². The Morgan fingerprint density at radius 3 is 1.63 bits per heavy atom. The predicted molar refractivity (Wildman–Crippen MR) is 303 cm³/mol. The molecular formula is C66H64BN3O. The fourth-order valence-corrected chi connectivity index (χ4v) is 11.9. The Hall–Kier alpha value is -7.24. The number of furan rings is 1. The van der Waals surface area contributed by atoms with E-state index in [9.17, 15) is 0 Å². The molecule has 71 heavy (non-hydrogen) atoms. The van der Waals surface area contributed by atoms with Crippen LogP contribution in [-0.2, 0) is 21.7 Å². The zero-order valence-corrected chi connectivity index (χ0v) is 43.1. The Kier molecular flexibility index (Phi) is 10.2. The summed E-state index contributed by atoms with van der Waals surface area (Å²) >= 11 is 0. The van der Waals surface area contributed by atoms with Crippen LogP contribution in [0.2, 0.25) is 0 Å². The van der Waals surface area contributed by atoms with Crippen molar-refractivity contribution in [3.05, 3.63) is 204 Å². The van der Waals surface area contributed by atoms with E-state index >= 15 is 0 Å². The van der Waals surface area contributed by atoms with Crippen LogP contribution in [0.3, 0.4) is 0 Å². The number of fused-ring (bicyclic) bond motifs is 7. The van der Waals surface area contributed by atoms with Gasteiger partial charge in [0.1, 0.15) is 5.58 Å². The second-order valence-corrected chi connectivity index (χ2v) is 23.7. The molecule has 3 heterocycles. The molecule has 0 atom stereocenters. The summed E-state index contributed by atoms with van der Waals surface area (Å²) in [4.78, 5) is 7.60. The molecule has 0 radical (unpaired) electrons. The third-order valence-electron chi connectivity index (χ3n) is 16.0. The molecule has 0 unspecified atom stereocenters. The third-order valence-corrected chi connectivity index (χ3v) is 16.0. The molecule has 2 aliphatic heterocycles. The molecular weight excluding hydrogens is 862 g/mol. The van der Waals surface area contributed by atoms with Crippen LogP contribution < -0.4 is 31.3 Å².